The Labute approximate surface area is 94.8 Å². The average molecular weight is 279 g/mol. The van der Waals surface area contributed by atoms with Gasteiger partial charge >= 0.3 is 5.97 Å². The zero-order valence-corrected chi connectivity index (χ0v) is 9.65. The fraction of sp³-hybridized carbons (Fsp3) is 0.625. The molecule has 0 aliphatic carbocycles. The Morgan fingerprint density at radius 1 is 1.80 bits per heavy atom. The van der Waals surface area contributed by atoms with Crippen LogP contribution in [0.5, 0.6) is 0 Å². The first-order valence-corrected chi connectivity index (χ1v) is 5.16. The zero-order chi connectivity index (χ0) is 11.4. The van der Waals surface area contributed by atoms with Gasteiger partial charge in [-0.2, -0.15) is 0 Å². The molecule has 6 nitrogen and oxygen atoms in total. The number of carbonyl (C=O) groups excluding carboxylic acids is 1. The Kier molecular flexibility index (Phi) is 4.07. The van der Waals surface area contributed by atoms with Crippen LogP contribution in [0.15, 0.2) is 5.16 Å². The minimum Gasteiger partial charge on any atom is -0.480 e. The molecule has 1 aliphatic heterocycles. The van der Waals surface area contributed by atoms with Gasteiger partial charge in [-0.05, 0) is 15.9 Å². The highest BCUT2D eigenvalue weighted by Gasteiger charge is 2.28. The zero-order valence-electron chi connectivity index (χ0n) is 8.07. The summed E-state index contributed by atoms with van der Waals surface area (Å²) in [5, 5.41) is 14.8. The van der Waals surface area contributed by atoms with E-state index < -0.39 is 12.0 Å². The third-order valence-corrected chi connectivity index (χ3v) is 2.34. The molecule has 0 fully saturated rings. The van der Waals surface area contributed by atoms with Crippen LogP contribution in [0.3, 0.4) is 0 Å². The van der Waals surface area contributed by atoms with Gasteiger partial charge in [-0.3, -0.25) is 4.79 Å². The molecule has 0 radical (unpaired) electrons. The summed E-state index contributed by atoms with van der Waals surface area (Å²) in [4.78, 5) is 26.5. The fourth-order valence-corrected chi connectivity index (χ4v) is 1.69. The number of carbonyl (C=O) groups is 2. The van der Waals surface area contributed by atoms with Gasteiger partial charge in [-0.25, -0.2) is 4.79 Å². The number of halogens is 1. The number of aliphatic carboxylic acids is 1. The smallest absolute Gasteiger partial charge is 0.326 e. The molecule has 0 saturated heterocycles. The van der Waals surface area contributed by atoms with Gasteiger partial charge in [0.1, 0.15) is 16.8 Å². The number of oxime groups is 1. The van der Waals surface area contributed by atoms with Crippen LogP contribution in [0, 0.1) is 0 Å². The molecule has 15 heavy (non-hydrogen) atoms. The first kappa shape index (κ1) is 12.0. The summed E-state index contributed by atoms with van der Waals surface area (Å²) in [6.07, 6.45) is 0.434. The second kappa shape index (κ2) is 5.11. The molecule has 1 heterocycles. The molecule has 7 heteroatoms. The number of nitrogens with one attached hydrogen (secondary N) is 1. The summed E-state index contributed by atoms with van der Waals surface area (Å²) in [5.74, 6) is -1.45. The Morgan fingerprint density at radius 3 is 2.87 bits per heavy atom. The maximum Gasteiger partial charge on any atom is 0.326 e. The monoisotopic (exact) mass is 278 g/mol. The third-order valence-electron chi connectivity index (χ3n) is 1.87. The summed E-state index contributed by atoms with van der Waals surface area (Å²) >= 11 is 3.15. The van der Waals surface area contributed by atoms with E-state index in [4.69, 9.17) is 9.94 Å². The Bertz CT molecular complexity index is 305. The lowest BCUT2D eigenvalue weighted by Crippen LogP contribution is -2.41. The highest BCUT2D eigenvalue weighted by atomic mass is 79.9. The SMILES string of the molecule is CC(=O)N[C@@H](CC1CC(Br)=NO1)C(=O)O. The summed E-state index contributed by atoms with van der Waals surface area (Å²) in [6.45, 7) is 1.28. The van der Waals surface area contributed by atoms with Crippen molar-refractivity contribution < 1.29 is 19.5 Å². The lowest BCUT2D eigenvalue weighted by Gasteiger charge is -2.15. The van der Waals surface area contributed by atoms with Crippen molar-refractivity contribution in [3.05, 3.63) is 0 Å². The quantitative estimate of drug-likeness (QED) is 0.782. The highest BCUT2D eigenvalue weighted by Crippen LogP contribution is 2.18. The molecule has 0 bridgehead atoms. The first-order chi connectivity index (χ1) is 6.99. The van der Waals surface area contributed by atoms with Gasteiger partial charge in [0.05, 0.1) is 0 Å². The Balaban J connectivity index is 2.45. The molecule has 0 aromatic heterocycles. The van der Waals surface area contributed by atoms with Crippen LogP contribution in [0.2, 0.25) is 0 Å². The van der Waals surface area contributed by atoms with Gasteiger partial charge in [-0.1, -0.05) is 5.16 Å². The highest BCUT2D eigenvalue weighted by molar-refractivity contribution is 9.18. The van der Waals surface area contributed by atoms with Gasteiger partial charge < -0.3 is 15.3 Å². The van der Waals surface area contributed by atoms with Crippen molar-refractivity contribution in [1.82, 2.24) is 5.32 Å². The van der Waals surface area contributed by atoms with Gasteiger partial charge in [0.25, 0.3) is 0 Å². The second-order valence-corrected chi connectivity index (χ2v) is 4.14. The fourth-order valence-electron chi connectivity index (χ4n) is 1.25. The molecule has 0 aromatic rings. The van der Waals surface area contributed by atoms with Gasteiger partial charge in [0, 0.05) is 19.8 Å². The van der Waals surface area contributed by atoms with E-state index in [1.165, 1.54) is 6.92 Å². The van der Waals surface area contributed by atoms with E-state index in [1.807, 2.05) is 0 Å². The predicted octanol–water partition coefficient (Wildman–Crippen LogP) is 0.463. The number of carboxylic acid groups (broad SMARTS) is 1. The van der Waals surface area contributed by atoms with Crippen molar-refractivity contribution in [2.45, 2.75) is 31.9 Å². The number of hydrogen-bond acceptors (Lipinski definition) is 4. The molecule has 0 spiro atoms. The lowest BCUT2D eigenvalue weighted by molar-refractivity contribution is -0.142. The third kappa shape index (κ3) is 3.86. The van der Waals surface area contributed by atoms with Crippen LogP contribution < -0.4 is 5.32 Å². The van der Waals surface area contributed by atoms with Crippen LogP contribution in [-0.2, 0) is 14.4 Å². The molecule has 2 N–H and O–H groups in total. The van der Waals surface area contributed by atoms with Crippen LogP contribution in [0.1, 0.15) is 19.8 Å². The van der Waals surface area contributed by atoms with Crippen molar-refractivity contribution in [1.29, 1.82) is 0 Å². The predicted molar refractivity (Wildman–Crippen MR) is 55.7 cm³/mol. The summed E-state index contributed by atoms with van der Waals surface area (Å²) in [7, 11) is 0. The van der Waals surface area contributed by atoms with E-state index in [-0.39, 0.29) is 18.4 Å². The van der Waals surface area contributed by atoms with Crippen molar-refractivity contribution in [2.24, 2.45) is 5.16 Å². The molecule has 84 valence electrons. The lowest BCUT2D eigenvalue weighted by atomic mass is 10.1. The van der Waals surface area contributed by atoms with Crippen molar-refractivity contribution in [2.75, 3.05) is 0 Å². The molecule has 2 atom stereocenters. The maximum atomic E-state index is 10.8. The van der Waals surface area contributed by atoms with E-state index in [1.54, 1.807) is 0 Å². The topological polar surface area (TPSA) is 88.0 Å². The number of hydrogen-bond donors (Lipinski definition) is 2. The first-order valence-electron chi connectivity index (χ1n) is 4.37. The normalized spacial score (nSPS) is 21.5. The largest absolute Gasteiger partial charge is 0.480 e. The molecule has 1 rings (SSSR count). The van der Waals surface area contributed by atoms with Gasteiger partial charge in [0.2, 0.25) is 5.91 Å². The van der Waals surface area contributed by atoms with E-state index in [9.17, 15) is 9.59 Å². The minimum absolute atomic E-state index is 0.202. The second-order valence-electron chi connectivity index (χ2n) is 3.23. The van der Waals surface area contributed by atoms with Gasteiger partial charge in [0.15, 0.2) is 0 Å². The molecule has 0 saturated carbocycles. The number of carboxylic acids is 1. The summed E-state index contributed by atoms with van der Waals surface area (Å²) in [6, 6.07) is -0.930. The molecular formula is C8H11BrN2O4. The van der Waals surface area contributed by atoms with E-state index >= 15 is 0 Å². The number of nitrogens with zero attached hydrogens (tertiary/aromatic N) is 1. The molecule has 0 aromatic carbocycles. The Morgan fingerprint density at radius 2 is 2.47 bits per heavy atom. The average Bonchev–Trinajstić information content (AvgIpc) is 2.49. The number of rotatable bonds is 4. The van der Waals surface area contributed by atoms with Crippen molar-refractivity contribution in [3.8, 4) is 0 Å². The molecule has 1 amide bonds. The number of amides is 1. The van der Waals surface area contributed by atoms with E-state index in [2.05, 4.69) is 26.4 Å². The summed E-state index contributed by atoms with van der Waals surface area (Å²) in [5.41, 5.74) is 0. The van der Waals surface area contributed by atoms with Crippen LogP contribution in [0.25, 0.3) is 0 Å². The Hall–Kier alpha value is -1.11. The van der Waals surface area contributed by atoms with Crippen molar-refractivity contribution in [3.63, 3.8) is 0 Å². The maximum absolute atomic E-state index is 10.8. The summed E-state index contributed by atoms with van der Waals surface area (Å²) < 4.78 is 0.652. The van der Waals surface area contributed by atoms with Crippen LogP contribution in [-0.4, -0.2) is 33.7 Å². The van der Waals surface area contributed by atoms with Gasteiger partial charge in [-0.15, -0.1) is 0 Å². The van der Waals surface area contributed by atoms with Crippen LogP contribution >= 0.6 is 15.9 Å². The minimum atomic E-state index is -1.07. The standard InChI is InChI=1S/C8H11BrN2O4/c1-4(12)10-6(8(13)14)2-5-3-7(9)11-15-5/h5-6H,2-3H2,1H3,(H,10,12)(H,13,14)/t5?,6-/m0/s1. The van der Waals surface area contributed by atoms with E-state index in [0.717, 1.165) is 0 Å². The van der Waals surface area contributed by atoms with E-state index in [0.29, 0.717) is 11.0 Å². The molecule has 1 unspecified atom stereocenters. The van der Waals surface area contributed by atoms with Crippen LogP contribution in [0.4, 0.5) is 0 Å². The molecule has 1 aliphatic rings. The van der Waals surface area contributed by atoms with Crippen molar-refractivity contribution >= 4 is 32.4 Å². The molecular weight excluding hydrogens is 268 g/mol.